The Balaban J connectivity index is 1.91. The van der Waals surface area contributed by atoms with Gasteiger partial charge in [0, 0.05) is 34.5 Å². The van der Waals surface area contributed by atoms with Crippen LogP contribution in [-0.4, -0.2) is 43.0 Å². The van der Waals surface area contributed by atoms with Gasteiger partial charge >= 0.3 is 0 Å². The Hall–Kier alpha value is -1.33. The number of carbonyl (C=O) groups is 1. The van der Waals surface area contributed by atoms with Crippen molar-refractivity contribution < 1.29 is 14.3 Å². The fourth-order valence-corrected chi connectivity index (χ4v) is 6.03. The third-order valence-corrected chi connectivity index (χ3v) is 7.64. The van der Waals surface area contributed by atoms with Gasteiger partial charge in [-0.25, -0.2) is 0 Å². The number of ether oxygens (including phenoxy) is 2. The summed E-state index contributed by atoms with van der Waals surface area (Å²) in [5.41, 5.74) is 2.12. The lowest BCUT2D eigenvalue weighted by molar-refractivity contribution is -0.137. The Kier molecular flexibility index (Phi) is 4.43. The highest BCUT2D eigenvalue weighted by molar-refractivity contribution is 9.10. The molecule has 2 unspecified atom stereocenters. The van der Waals surface area contributed by atoms with E-state index in [-0.39, 0.29) is 17.3 Å². The van der Waals surface area contributed by atoms with E-state index in [1.807, 2.05) is 12.1 Å². The third-order valence-electron chi connectivity index (χ3n) is 6.82. The molecule has 0 aromatic heterocycles. The summed E-state index contributed by atoms with van der Waals surface area (Å²) in [6, 6.07) is 2.34. The van der Waals surface area contributed by atoms with E-state index in [0.29, 0.717) is 24.1 Å². The predicted octanol–water partition coefficient (Wildman–Crippen LogP) is 4.02. The molecule has 0 amide bonds. The molecule has 0 N–H and O–H groups in total. The maximum atomic E-state index is 12.9. The number of methoxy groups -OCH3 is 1. The number of hydrogen-bond donors (Lipinski definition) is 0. The van der Waals surface area contributed by atoms with Gasteiger partial charge in [-0.1, -0.05) is 22.0 Å². The minimum atomic E-state index is -0.383. The van der Waals surface area contributed by atoms with Gasteiger partial charge < -0.3 is 9.47 Å². The van der Waals surface area contributed by atoms with Crippen molar-refractivity contribution in [2.24, 2.45) is 5.92 Å². The van der Waals surface area contributed by atoms with Crippen molar-refractivity contribution in [2.75, 3.05) is 20.2 Å². The number of halogens is 1. The zero-order valence-electron chi connectivity index (χ0n) is 15.7. The van der Waals surface area contributed by atoms with Crippen LogP contribution in [0, 0.1) is 12.8 Å². The van der Waals surface area contributed by atoms with E-state index < -0.39 is 0 Å². The number of fused-ring (bicyclic) bond motifs is 1. The molecule has 1 aliphatic carbocycles. The quantitative estimate of drug-likeness (QED) is 0.693. The van der Waals surface area contributed by atoms with Crippen molar-refractivity contribution >= 4 is 21.7 Å². The molecule has 2 fully saturated rings. The van der Waals surface area contributed by atoms with Crippen LogP contribution < -0.4 is 9.47 Å². The zero-order chi connectivity index (χ0) is 18.6. The van der Waals surface area contributed by atoms with Gasteiger partial charge in [-0.15, -0.1) is 6.58 Å². The molecule has 140 valence electrons. The molecule has 1 aromatic rings. The van der Waals surface area contributed by atoms with E-state index >= 15 is 0 Å². The largest absolute Gasteiger partial charge is 0.493 e. The number of piperidine rings is 1. The Morgan fingerprint density at radius 3 is 3.00 bits per heavy atom. The van der Waals surface area contributed by atoms with Crippen LogP contribution in [-0.2, 0) is 10.2 Å². The highest BCUT2D eigenvalue weighted by Gasteiger charge is 2.63. The molecular weight excluding hydrogens is 394 g/mol. The van der Waals surface area contributed by atoms with Crippen LogP contribution >= 0.6 is 15.9 Å². The summed E-state index contributed by atoms with van der Waals surface area (Å²) >= 11 is 3.69. The summed E-state index contributed by atoms with van der Waals surface area (Å²) in [4.78, 5) is 15.4. The van der Waals surface area contributed by atoms with Gasteiger partial charge in [-0.3, -0.25) is 9.69 Å². The molecule has 2 heterocycles. The van der Waals surface area contributed by atoms with Crippen LogP contribution in [0.2, 0.25) is 0 Å². The molecule has 1 spiro atoms. The fourth-order valence-electron chi connectivity index (χ4n) is 5.63. The Labute approximate surface area is 163 Å². The minimum Gasteiger partial charge on any atom is -0.493 e. The molecule has 4 atom stereocenters. The van der Waals surface area contributed by atoms with Crippen LogP contribution in [0.4, 0.5) is 0 Å². The second-order valence-corrected chi connectivity index (χ2v) is 8.67. The first-order valence-electron chi connectivity index (χ1n) is 9.37. The fraction of sp³-hybridized carbons (Fsp3) is 0.571. The summed E-state index contributed by atoms with van der Waals surface area (Å²) in [7, 11) is 1.66. The van der Waals surface area contributed by atoms with Crippen molar-refractivity contribution in [3.8, 4) is 11.5 Å². The van der Waals surface area contributed by atoms with Gasteiger partial charge in [0.05, 0.1) is 7.11 Å². The van der Waals surface area contributed by atoms with E-state index in [1.54, 1.807) is 7.11 Å². The molecule has 2 aliphatic heterocycles. The first-order chi connectivity index (χ1) is 12.5. The molecule has 3 aliphatic rings. The van der Waals surface area contributed by atoms with Crippen molar-refractivity contribution in [3.05, 3.63) is 34.3 Å². The zero-order valence-corrected chi connectivity index (χ0v) is 17.3. The average Bonchev–Trinajstić information content (AvgIpc) is 2.97. The summed E-state index contributed by atoms with van der Waals surface area (Å²) in [6.45, 7) is 10.2. The smallest absolute Gasteiger partial charge is 0.174 e. The van der Waals surface area contributed by atoms with Gasteiger partial charge in [-0.2, -0.15) is 0 Å². The van der Waals surface area contributed by atoms with E-state index in [4.69, 9.17) is 9.47 Å². The SMILES string of the molecule is C=CCN1CC[C@@]23c4c(C)c(Br)cc(OC)c4O[C@@H]2C(=O)CCC3C1C. The number of rotatable bonds is 3. The molecule has 26 heavy (non-hydrogen) atoms. The van der Waals surface area contributed by atoms with Gasteiger partial charge in [0.15, 0.2) is 23.4 Å². The van der Waals surface area contributed by atoms with E-state index in [9.17, 15) is 4.79 Å². The summed E-state index contributed by atoms with van der Waals surface area (Å²) < 4.78 is 13.0. The molecule has 4 nitrogen and oxygen atoms in total. The molecule has 1 aromatic carbocycles. The summed E-state index contributed by atoms with van der Waals surface area (Å²) in [5.74, 6) is 2.12. The van der Waals surface area contributed by atoms with Crippen LogP contribution in [0.5, 0.6) is 11.5 Å². The van der Waals surface area contributed by atoms with Gasteiger partial charge in [-0.05, 0) is 50.8 Å². The normalized spacial score (nSPS) is 33.1. The van der Waals surface area contributed by atoms with Crippen molar-refractivity contribution in [1.82, 2.24) is 4.90 Å². The lowest BCUT2D eigenvalue weighted by Gasteiger charge is -2.54. The van der Waals surface area contributed by atoms with Crippen molar-refractivity contribution in [3.63, 3.8) is 0 Å². The lowest BCUT2D eigenvalue weighted by atomic mass is 9.55. The van der Waals surface area contributed by atoms with E-state index in [0.717, 1.165) is 36.2 Å². The lowest BCUT2D eigenvalue weighted by Crippen LogP contribution is -2.63. The number of ketones is 1. The first-order valence-corrected chi connectivity index (χ1v) is 10.2. The topological polar surface area (TPSA) is 38.8 Å². The molecule has 1 saturated carbocycles. The van der Waals surface area contributed by atoms with Crippen molar-refractivity contribution in [1.29, 1.82) is 0 Å². The molecular formula is C21H26BrNO3. The molecule has 5 heteroatoms. The molecule has 0 bridgehead atoms. The van der Waals surface area contributed by atoms with Crippen LogP contribution in [0.1, 0.15) is 37.3 Å². The number of carbonyl (C=O) groups excluding carboxylic acids is 1. The number of benzene rings is 1. The van der Waals surface area contributed by atoms with E-state index in [1.165, 1.54) is 11.1 Å². The van der Waals surface area contributed by atoms with Gasteiger partial charge in [0.1, 0.15) is 0 Å². The highest BCUT2D eigenvalue weighted by atomic mass is 79.9. The predicted molar refractivity (Wildman–Crippen MR) is 105 cm³/mol. The monoisotopic (exact) mass is 419 g/mol. The number of Topliss-reactive ketones (excluding diaryl/α,β-unsaturated/α-hetero) is 1. The first kappa shape index (κ1) is 18.1. The van der Waals surface area contributed by atoms with Crippen molar-refractivity contribution in [2.45, 2.75) is 50.7 Å². The van der Waals surface area contributed by atoms with Crippen LogP contribution in [0.25, 0.3) is 0 Å². The standard InChI is InChI=1S/C21H26BrNO3/c1-5-9-23-10-8-21-14(13(23)3)6-7-16(24)20(21)26-19-17(25-4)11-15(22)12(2)18(19)21/h5,11,13-14,20H,1,6-10H2,2-4H3/t13?,14?,20-,21-/m1/s1. The molecule has 0 radical (unpaired) electrons. The Morgan fingerprint density at radius 2 is 2.31 bits per heavy atom. The minimum absolute atomic E-state index is 0.236. The van der Waals surface area contributed by atoms with Crippen LogP contribution in [0.3, 0.4) is 0 Å². The summed E-state index contributed by atoms with van der Waals surface area (Å²) in [5, 5.41) is 0. The average molecular weight is 420 g/mol. The molecule has 1 saturated heterocycles. The van der Waals surface area contributed by atoms with Gasteiger partial charge in [0.2, 0.25) is 0 Å². The number of likely N-dealkylation sites (tertiary alicyclic amines) is 1. The van der Waals surface area contributed by atoms with Gasteiger partial charge in [0.25, 0.3) is 0 Å². The molecule has 4 rings (SSSR count). The number of hydrogen-bond acceptors (Lipinski definition) is 4. The second-order valence-electron chi connectivity index (χ2n) is 7.81. The Morgan fingerprint density at radius 1 is 1.54 bits per heavy atom. The van der Waals surface area contributed by atoms with Crippen LogP contribution in [0.15, 0.2) is 23.2 Å². The number of nitrogens with zero attached hydrogens (tertiary/aromatic N) is 1. The highest BCUT2D eigenvalue weighted by Crippen LogP contribution is 2.61. The van der Waals surface area contributed by atoms with E-state index in [2.05, 4.69) is 41.3 Å². The second kappa shape index (κ2) is 6.38. The third kappa shape index (κ3) is 2.26. The Bertz CT molecular complexity index is 777. The summed E-state index contributed by atoms with van der Waals surface area (Å²) in [6.07, 6.45) is 4.04. The maximum absolute atomic E-state index is 12.9. The maximum Gasteiger partial charge on any atom is 0.174 e.